The molecule has 22 nitrogen and oxygen atoms in total. The quantitative estimate of drug-likeness (QED) is 0.149. The first kappa shape index (κ1) is 32.2. The summed E-state index contributed by atoms with van der Waals surface area (Å²) in [4.78, 5) is 56.9. The molecule has 7 heterocycles. The van der Waals surface area contributed by atoms with Gasteiger partial charge in [-0.05, 0) is 6.42 Å². The molecule has 0 aromatic carbocycles. The SMILES string of the molecule is CCCC1C2OP(=O)(O)OC[C@H]3O[C@@H](n4cnc5c(N)ncnc54)[C@@H](O)C3OP(=O)(O)OC[C@H]1O[C@H]2n1cnc2c(=O)[nH]c(N)nc21. The molecule has 3 aliphatic heterocycles. The van der Waals surface area contributed by atoms with Gasteiger partial charge in [0.1, 0.15) is 36.3 Å². The largest absolute Gasteiger partial charge is 0.472 e. The first-order chi connectivity index (χ1) is 22.4. The molecule has 3 aliphatic rings. The Hall–Kier alpha value is -3.40. The van der Waals surface area contributed by atoms with Gasteiger partial charge in [0.25, 0.3) is 5.56 Å². The zero-order valence-electron chi connectivity index (χ0n) is 24.4. The Labute approximate surface area is 263 Å². The number of fused-ring (bicyclic) bond motifs is 5. The molecular formula is C23H30N10O12P2. The zero-order chi connectivity index (χ0) is 33.2. The number of nitrogens with two attached hydrogens (primary N) is 2. The summed E-state index contributed by atoms with van der Waals surface area (Å²) >= 11 is 0. The van der Waals surface area contributed by atoms with Crippen LogP contribution in [0, 0.1) is 5.92 Å². The Morgan fingerprint density at radius 1 is 0.915 bits per heavy atom. The van der Waals surface area contributed by atoms with Crippen molar-refractivity contribution < 1.29 is 51.6 Å². The van der Waals surface area contributed by atoms with Crippen LogP contribution in [0.2, 0.25) is 0 Å². The van der Waals surface area contributed by atoms with Crippen molar-refractivity contribution in [2.75, 3.05) is 24.7 Å². The minimum Gasteiger partial charge on any atom is -0.386 e. The predicted molar refractivity (Wildman–Crippen MR) is 156 cm³/mol. The van der Waals surface area contributed by atoms with Crippen LogP contribution in [-0.4, -0.2) is 97.7 Å². The monoisotopic (exact) mass is 700 g/mol. The molecule has 0 spiro atoms. The fourth-order valence-electron chi connectivity index (χ4n) is 6.08. The number of aromatic nitrogens is 8. The number of phosphoric acid groups is 2. The molecule has 5 unspecified atom stereocenters. The predicted octanol–water partition coefficient (Wildman–Crippen LogP) is -0.286. The minimum absolute atomic E-state index is 0.00563. The van der Waals surface area contributed by atoms with Crippen LogP contribution in [0.1, 0.15) is 32.2 Å². The summed E-state index contributed by atoms with van der Waals surface area (Å²) in [5.74, 6) is -0.866. The summed E-state index contributed by atoms with van der Waals surface area (Å²) in [5, 5.41) is 11.2. The van der Waals surface area contributed by atoms with E-state index >= 15 is 0 Å². The van der Waals surface area contributed by atoms with E-state index in [1.165, 1.54) is 28.1 Å². The van der Waals surface area contributed by atoms with Crippen molar-refractivity contribution in [1.29, 1.82) is 0 Å². The van der Waals surface area contributed by atoms with Gasteiger partial charge < -0.3 is 35.8 Å². The molecule has 0 radical (unpaired) electrons. The maximum absolute atomic E-state index is 13.5. The molecule has 0 saturated carbocycles. The number of aliphatic hydroxyl groups is 1. The summed E-state index contributed by atoms with van der Waals surface area (Å²) in [6.45, 7) is 0.547. The lowest BCUT2D eigenvalue weighted by atomic mass is 9.93. The fourth-order valence-corrected chi connectivity index (χ4v) is 8.01. The number of hydrogen-bond donors (Lipinski definition) is 6. The molecule has 0 aliphatic carbocycles. The van der Waals surface area contributed by atoms with Crippen molar-refractivity contribution in [3.8, 4) is 0 Å². The van der Waals surface area contributed by atoms with E-state index in [0.29, 0.717) is 12.8 Å². The van der Waals surface area contributed by atoms with Crippen LogP contribution in [0.4, 0.5) is 11.8 Å². The van der Waals surface area contributed by atoms with E-state index in [4.69, 9.17) is 39.0 Å². The maximum Gasteiger partial charge on any atom is 0.472 e. The average molecular weight is 700 g/mol. The van der Waals surface area contributed by atoms with Crippen LogP contribution >= 0.6 is 15.6 Å². The summed E-state index contributed by atoms with van der Waals surface area (Å²) in [6.07, 6.45) is -4.97. The highest BCUT2D eigenvalue weighted by atomic mass is 31.2. The van der Waals surface area contributed by atoms with Gasteiger partial charge in [-0.3, -0.25) is 37.0 Å². The first-order valence-corrected chi connectivity index (χ1v) is 17.3. The summed E-state index contributed by atoms with van der Waals surface area (Å²) in [5.41, 5.74) is 11.3. The third-order valence-electron chi connectivity index (χ3n) is 8.13. The second-order valence-corrected chi connectivity index (χ2v) is 13.9. The normalized spacial score (nSPS) is 36.6. The Morgan fingerprint density at radius 3 is 2.28 bits per heavy atom. The van der Waals surface area contributed by atoms with E-state index in [0.717, 1.165) is 0 Å². The van der Waals surface area contributed by atoms with Crippen LogP contribution in [-0.2, 0) is 36.7 Å². The zero-order valence-corrected chi connectivity index (χ0v) is 26.2. The third kappa shape index (κ3) is 5.85. The van der Waals surface area contributed by atoms with Gasteiger partial charge in [-0.2, -0.15) is 4.98 Å². The lowest BCUT2D eigenvalue weighted by Crippen LogP contribution is -2.36. The van der Waals surface area contributed by atoms with E-state index in [1.54, 1.807) is 0 Å². The van der Waals surface area contributed by atoms with Crippen molar-refractivity contribution >= 4 is 49.7 Å². The number of nitrogens with zero attached hydrogens (tertiary/aromatic N) is 7. The highest BCUT2D eigenvalue weighted by Crippen LogP contribution is 2.55. The number of H-pyrrole nitrogens is 1. The molecule has 254 valence electrons. The average Bonchev–Trinajstić information content (AvgIpc) is 3.76. The van der Waals surface area contributed by atoms with E-state index in [2.05, 4.69) is 29.9 Å². The molecule has 3 fully saturated rings. The number of ether oxygens (including phenoxy) is 2. The van der Waals surface area contributed by atoms with Crippen molar-refractivity contribution in [1.82, 2.24) is 39.0 Å². The van der Waals surface area contributed by atoms with Gasteiger partial charge in [-0.25, -0.2) is 29.1 Å². The number of nitrogens with one attached hydrogen (secondary N) is 1. The second-order valence-electron chi connectivity index (χ2n) is 11.1. The highest BCUT2D eigenvalue weighted by Gasteiger charge is 2.54. The molecule has 0 amide bonds. The second kappa shape index (κ2) is 11.9. The van der Waals surface area contributed by atoms with E-state index in [1.807, 2.05) is 6.92 Å². The molecular weight excluding hydrogens is 670 g/mol. The van der Waals surface area contributed by atoms with Gasteiger partial charge in [-0.15, -0.1) is 0 Å². The van der Waals surface area contributed by atoms with Crippen molar-refractivity contribution in [2.45, 2.75) is 62.7 Å². The standard InChI is InChI=1S/C23H30N10O12P2/c1-2-3-9-10-4-40-47(38,39)45-16-11(43-21(14(16)34)32-7-28-12-17(24)26-6-27-18(12)32)5-41-46(36,37)44-15(9)22(42-10)33-8-29-13-19(33)30-23(25)31-20(13)35/h6-11,14-16,21-22,34H,2-5H2,1H3,(H,36,37)(H,38,39)(H2,24,26,27)(H3,25,30,31,35)/t9?,10-,11-,14+,15?,16?,21-,22-/m1/s1. The summed E-state index contributed by atoms with van der Waals surface area (Å²) in [7, 11) is -9.95. The van der Waals surface area contributed by atoms with Gasteiger partial charge in [0.15, 0.2) is 35.1 Å². The van der Waals surface area contributed by atoms with Crippen LogP contribution in [0.25, 0.3) is 22.3 Å². The van der Waals surface area contributed by atoms with E-state index < -0.39 is 83.3 Å². The molecule has 24 heteroatoms. The Morgan fingerprint density at radius 2 is 1.55 bits per heavy atom. The third-order valence-corrected chi connectivity index (χ3v) is 10.1. The Bertz CT molecular complexity index is 1970. The summed E-state index contributed by atoms with van der Waals surface area (Å²) < 4.78 is 63.3. The number of rotatable bonds is 4. The van der Waals surface area contributed by atoms with Crippen molar-refractivity contribution in [3.63, 3.8) is 0 Å². The number of nitrogen functional groups attached to an aromatic ring is 2. The van der Waals surface area contributed by atoms with Crippen molar-refractivity contribution in [3.05, 3.63) is 29.3 Å². The summed E-state index contributed by atoms with van der Waals surface area (Å²) in [6, 6.07) is 0. The van der Waals surface area contributed by atoms with Crippen LogP contribution in [0.15, 0.2) is 23.8 Å². The molecule has 2 bridgehead atoms. The number of phosphoric ester groups is 2. The Kier molecular flexibility index (Phi) is 8.17. The van der Waals surface area contributed by atoms with Gasteiger partial charge in [0.05, 0.1) is 32.0 Å². The van der Waals surface area contributed by atoms with Crippen molar-refractivity contribution in [2.24, 2.45) is 5.92 Å². The highest BCUT2D eigenvalue weighted by molar-refractivity contribution is 7.47. The number of aliphatic hydroxyl groups excluding tert-OH is 1. The number of anilines is 2. The smallest absolute Gasteiger partial charge is 0.386 e. The maximum atomic E-state index is 13.5. The van der Waals surface area contributed by atoms with Gasteiger partial charge in [-0.1, -0.05) is 13.3 Å². The van der Waals surface area contributed by atoms with E-state index in [9.17, 15) is 28.8 Å². The van der Waals surface area contributed by atoms with Crippen LogP contribution in [0.5, 0.6) is 0 Å². The van der Waals surface area contributed by atoms with Gasteiger partial charge >= 0.3 is 15.6 Å². The number of hydrogen-bond acceptors (Lipinski definition) is 17. The number of imidazole rings is 2. The lowest BCUT2D eigenvalue weighted by molar-refractivity contribution is -0.0671. The molecule has 7 rings (SSSR count). The number of aromatic amines is 1. The molecule has 4 aromatic heterocycles. The van der Waals surface area contributed by atoms with E-state index in [-0.39, 0.29) is 34.1 Å². The lowest BCUT2D eigenvalue weighted by Gasteiger charge is -2.26. The first-order valence-electron chi connectivity index (χ1n) is 14.3. The molecule has 47 heavy (non-hydrogen) atoms. The fraction of sp³-hybridized carbons (Fsp3) is 0.565. The molecule has 8 N–H and O–H groups in total. The molecule has 3 saturated heterocycles. The molecule has 10 atom stereocenters. The molecule has 4 aromatic rings. The van der Waals surface area contributed by atoms with Crippen LogP contribution in [0.3, 0.4) is 0 Å². The topological polar surface area (TPSA) is 309 Å². The van der Waals surface area contributed by atoms with Gasteiger partial charge in [0, 0.05) is 5.92 Å². The minimum atomic E-state index is -4.98. The Balaban J connectivity index is 1.23. The van der Waals surface area contributed by atoms with Crippen LogP contribution < -0.4 is 17.0 Å². The van der Waals surface area contributed by atoms with Gasteiger partial charge in [0.2, 0.25) is 5.95 Å².